The Morgan fingerprint density at radius 2 is 1.95 bits per heavy atom. The molecule has 1 aromatic carbocycles. The van der Waals surface area contributed by atoms with Gasteiger partial charge in [0.15, 0.2) is 6.61 Å². The monoisotopic (exact) mass is 315 g/mol. The number of hydrogen-bond acceptors (Lipinski definition) is 5. The van der Waals surface area contributed by atoms with Crippen molar-refractivity contribution in [1.82, 2.24) is 4.31 Å². The quantitative estimate of drug-likeness (QED) is 0.636. The molecule has 0 radical (unpaired) electrons. The van der Waals surface area contributed by atoms with Gasteiger partial charge in [0.2, 0.25) is 10.0 Å². The minimum Gasteiger partial charge on any atom is -0.482 e. The van der Waals surface area contributed by atoms with E-state index >= 15 is 0 Å². The van der Waals surface area contributed by atoms with Gasteiger partial charge in [0, 0.05) is 13.1 Å². The topological polar surface area (TPSA) is 104 Å². The van der Waals surface area contributed by atoms with E-state index in [4.69, 9.17) is 14.9 Å². The van der Waals surface area contributed by atoms with Crippen molar-refractivity contribution in [3.63, 3.8) is 0 Å². The van der Waals surface area contributed by atoms with Crippen LogP contribution >= 0.6 is 0 Å². The number of aliphatic carboxylic acids is 1. The van der Waals surface area contributed by atoms with Gasteiger partial charge >= 0.3 is 5.97 Å². The fourth-order valence-electron chi connectivity index (χ4n) is 1.57. The molecular formula is C13H17NO6S. The molecule has 0 amide bonds. The zero-order valence-corrected chi connectivity index (χ0v) is 12.1. The number of hydrogen-bond donors (Lipinski definition) is 2. The number of carbonyl (C=O) groups is 1. The highest BCUT2D eigenvalue weighted by Crippen LogP contribution is 2.19. The number of sulfonamides is 1. The first kappa shape index (κ1) is 17.2. The van der Waals surface area contributed by atoms with Gasteiger partial charge in [0.1, 0.15) is 5.75 Å². The van der Waals surface area contributed by atoms with Gasteiger partial charge in [-0.25, -0.2) is 13.2 Å². The van der Waals surface area contributed by atoms with E-state index in [1.807, 2.05) is 0 Å². The SMILES string of the molecule is C=CCN(CCO)S(=O)(=O)c1ccc(OCC(=O)O)cc1. The standard InChI is InChI=1S/C13H17NO6S/c1-2-7-14(8-9-15)21(18,19)12-5-3-11(4-6-12)20-10-13(16)17/h2-6,15H,1,7-10H2,(H,16,17). The molecule has 8 heteroatoms. The molecule has 0 spiro atoms. The van der Waals surface area contributed by atoms with Crippen LogP contribution in [0, 0.1) is 0 Å². The summed E-state index contributed by atoms with van der Waals surface area (Å²) < 4.78 is 30.7. The number of carboxylic acids is 1. The van der Waals surface area contributed by atoms with Gasteiger partial charge < -0.3 is 14.9 Å². The highest BCUT2D eigenvalue weighted by Gasteiger charge is 2.22. The molecule has 0 unspecified atom stereocenters. The lowest BCUT2D eigenvalue weighted by Gasteiger charge is -2.19. The molecule has 2 N–H and O–H groups in total. The maximum Gasteiger partial charge on any atom is 0.341 e. The second-order valence-electron chi connectivity index (χ2n) is 4.03. The van der Waals surface area contributed by atoms with Gasteiger partial charge in [-0.2, -0.15) is 4.31 Å². The minimum absolute atomic E-state index is 0.0282. The van der Waals surface area contributed by atoms with Crippen LogP contribution in [-0.2, 0) is 14.8 Å². The van der Waals surface area contributed by atoms with E-state index < -0.39 is 22.6 Å². The average molecular weight is 315 g/mol. The van der Waals surface area contributed by atoms with Crippen LogP contribution in [0.15, 0.2) is 41.8 Å². The number of ether oxygens (including phenoxy) is 1. The molecule has 0 aromatic heterocycles. The van der Waals surface area contributed by atoms with Gasteiger partial charge in [0.25, 0.3) is 0 Å². The van der Waals surface area contributed by atoms with Crippen LogP contribution in [0.1, 0.15) is 0 Å². The van der Waals surface area contributed by atoms with E-state index in [0.717, 1.165) is 4.31 Å². The summed E-state index contributed by atoms with van der Waals surface area (Å²) >= 11 is 0. The van der Waals surface area contributed by atoms with Crippen molar-refractivity contribution in [2.45, 2.75) is 4.90 Å². The van der Waals surface area contributed by atoms with Crippen molar-refractivity contribution in [2.75, 3.05) is 26.3 Å². The van der Waals surface area contributed by atoms with E-state index in [2.05, 4.69) is 6.58 Å². The molecule has 0 aliphatic heterocycles. The molecule has 0 saturated heterocycles. The van der Waals surface area contributed by atoms with Gasteiger partial charge in [-0.1, -0.05) is 6.08 Å². The van der Waals surface area contributed by atoms with E-state index in [-0.39, 0.29) is 30.3 Å². The van der Waals surface area contributed by atoms with Crippen LogP contribution in [0.4, 0.5) is 0 Å². The summed E-state index contributed by atoms with van der Waals surface area (Å²) in [4.78, 5) is 10.4. The van der Waals surface area contributed by atoms with E-state index in [1.165, 1.54) is 30.3 Å². The van der Waals surface area contributed by atoms with Crippen LogP contribution in [0.25, 0.3) is 0 Å². The molecule has 0 saturated carbocycles. The molecule has 7 nitrogen and oxygen atoms in total. The lowest BCUT2D eigenvalue weighted by Crippen LogP contribution is -2.33. The normalized spacial score (nSPS) is 11.3. The third kappa shape index (κ3) is 4.85. The highest BCUT2D eigenvalue weighted by atomic mass is 32.2. The summed E-state index contributed by atoms with van der Waals surface area (Å²) in [6, 6.07) is 5.39. The lowest BCUT2D eigenvalue weighted by atomic mass is 10.3. The van der Waals surface area contributed by atoms with E-state index in [1.54, 1.807) is 0 Å². The zero-order valence-electron chi connectivity index (χ0n) is 11.3. The van der Waals surface area contributed by atoms with Crippen molar-refractivity contribution < 1.29 is 28.2 Å². The predicted octanol–water partition coefficient (Wildman–Crippen LogP) is 0.319. The van der Waals surface area contributed by atoms with E-state index in [9.17, 15) is 13.2 Å². The smallest absolute Gasteiger partial charge is 0.341 e. The van der Waals surface area contributed by atoms with Crippen molar-refractivity contribution >= 4 is 16.0 Å². The third-order valence-corrected chi connectivity index (χ3v) is 4.39. The summed E-state index contributed by atoms with van der Waals surface area (Å²) in [7, 11) is -3.74. The molecule has 0 heterocycles. The van der Waals surface area contributed by atoms with Gasteiger partial charge in [-0.15, -0.1) is 6.58 Å². The Labute approximate surface area is 123 Å². The van der Waals surface area contributed by atoms with E-state index in [0.29, 0.717) is 0 Å². The Bertz CT molecular complexity index is 581. The molecule has 0 fully saturated rings. The Kier molecular flexibility index (Phi) is 6.35. The number of nitrogens with zero attached hydrogens (tertiary/aromatic N) is 1. The molecule has 0 aliphatic carbocycles. The van der Waals surface area contributed by atoms with Crippen molar-refractivity contribution in [2.24, 2.45) is 0 Å². The molecule has 116 valence electrons. The van der Waals surface area contributed by atoms with Crippen LogP contribution in [0.5, 0.6) is 5.75 Å². The Hall–Kier alpha value is -1.90. The van der Waals surface area contributed by atoms with Gasteiger partial charge in [-0.05, 0) is 24.3 Å². The Balaban J connectivity index is 2.92. The molecular weight excluding hydrogens is 298 g/mol. The first-order valence-corrected chi connectivity index (χ1v) is 7.52. The maximum absolute atomic E-state index is 12.3. The summed E-state index contributed by atoms with van der Waals surface area (Å²) in [5.41, 5.74) is 0. The molecule has 0 aliphatic rings. The fraction of sp³-hybridized carbons (Fsp3) is 0.308. The number of aliphatic hydroxyl groups is 1. The molecule has 1 rings (SSSR count). The first-order valence-electron chi connectivity index (χ1n) is 6.08. The average Bonchev–Trinajstić information content (AvgIpc) is 2.45. The molecule has 21 heavy (non-hydrogen) atoms. The summed E-state index contributed by atoms with van der Waals surface area (Å²) in [5.74, 6) is -0.861. The Morgan fingerprint density at radius 3 is 2.43 bits per heavy atom. The summed E-state index contributed by atoms with van der Waals surface area (Å²) in [5, 5.41) is 17.4. The second kappa shape index (κ2) is 7.77. The zero-order chi connectivity index (χ0) is 15.9. The second-order valence-corrected chi connectivity index (χ2v) is 5.97. The number of benzene rings is 1. The predicted molar refractivity (Wildman–Crippen MR) is 75.6 cm³/mol. The number of aliphatic hydroxyl groups excluding tert-OH is 1. The van der Waals surface area contributed by atoms with Crippen LogP contribution < -0.4 is 4.74 Å². The molecule has 0 bridgehead atoms. The van der Waals surface area contributed by atoms with Gasteiger partial charge in [-0.3, -0.25) is 0 Å². The highest BCUT2D eigenvalue weighted by molar-refractivity contribution is 7.89. The lowest BCUT2D eigenvalue weighted by molar-refractivity contribution is -0.139. The van der Waals surface area contributed by atoms with Crippen LogP contribution in [-0.4, -0.2) is 55.2 Å². The summed E-state index contributed by atoms with van der Waals surface area (Å²) in [6.07, 6.45) is 1.43. The first-order chi connectivity index (χ1) is 9.91. The number of rotatable bonds is 9. The third-order valence-electron chi connectivity index (χ3n) is 2.51. The number of carboxylic acid groups (broad SMARTS) is 1. The Morgan fingerprint density at radius 1 is 1.33 bits per heavy atom. The van der Waals surface area contributed by atoms with Crippen LogP contribution in [0.2, 0.25) is 0 Å². The minimum atomic E-state index is -3.74. The van der Waals surface area contributed by atoms with Gasteiger partial charge in [0.05, 0.1) is 11.5 Å². The molecule has 1 aromatic rings. The van der Waals surface area contributed by atoms with Crippen molar-refractivity contribution in [3.05, 3.63) is 36.9 Å². The fourth-order valence-corrected chi connectivity index (χ4v) is 2.97. The summed E-state index contributed by atoms with van der Waals surface area (Å²) in [6.45, 7) is 2.73. The van der Waals surface area contributed by atoms with Crippen LogP contribution in [0.3, 0.4) is 0 Å². The largest absolute Gasteiger partial charge is 0.482 e. The van der Waals surface area contributed by atoms with Crippen molar-refractivity contribution in [1.29, 1.82) is 0 Å². The van der Waals surface area contributed by atoms with Crippen molar-refractivity contribution in [3.8, 4) is 5.75 Å². The maximum atomic E-state index is 12.3. The molecule has 0 atom stereocenters.